The molecular formula is C45H74O11. The van der Waals surface area contributed by atoms with Gasteiger partial charge in [0.1, 0.15) is 17.5 Å². The van der Waals surface area contributed by atoms with E-state index in [0.717, 1.165) is 19.3 Å². The lowest BCUT2D eigenvalue weighted by Gasteiger charge is -2.55. The highest BCUT2D eigenvalue weighted by Gasteiger charge is 2.56. The van der Waals surface area contributed by atoms with Crippen molar-refractivity contribution in [3.05, 3.63) is 36.5 Å². The Kier molecular flexibility index (Phi) is 17.7. The summed E-state index contributed by atoms with van der Waals surface area (Å²) in [5, 5.41) is 55.0. The zero-order valence-corrected chi connectivity index (χ0v) is 35.8. The third kappa shape index (κ3) is 11.5. The fourth-order valence-electron chi connectivity index (χ4n) is 9.01. The predicted octanol–water partition coefficient (Wildman–Crippen LogP) is 5.88. The predicted molar refractivity (Wildman–Crippen MR) is 215 cm³/mol. The highest BCUT2D eigenvalue weighted by molar-refractivity contribution is 5.91. The van der Waals surface area contributed by atoms with Gasteiger partial charge in [0.2, 0.25) is 0 Å². The number of allylic oxidation sites excluding steroid dienone is 4. The van der Waals surface area contributed by atoms with E-state index in [-0.39, 0.29) is 35.9 Å². The Morgan fingerprint density at radius 1 is 0.839 bits per heavy atom. The Labute approximate surface area is 336 Å². The number of Topliss-reactive ketones (excluding diaryl/α,β-unsaturated/α-hetero) is 2. The average Bonchev–Trinajstić information content (AvgIpc) is 3.16. The highest BCUT2D eigenvalue weighted by Crippen LogP contribution is 2.49. The largest absolute Gasteiger partial charge is 0.458 e. The number of hydrogen-bond donors (Lipinski definition) is 5. The van der Waals surface area contributed by atoms with Gasteiger partial charge in [0.05, 0.1) is 36.6 Å². The van der Waals surface area contributed by atoms with Gasteiger partial charge in [0.15, 0.2) is 11.6 Å². The Morgan fingerprint density at radius 3 is 2.11 bits per heavy atom. The van der Waals surface area contributed by atoms with Crippen LogP contribution in [0.2, 0.25) is 0 Å². The van der Waals surface area contributed by atoms with E-state index >= 15 is 0 Å². The molecule has 1 spiro atoms. The summed E-state index contributed by atoms with van der Waals surface area (Å²) in [5.74, 6) is -7.28. The van der Waals surface area contributed by atoms with Crippen molar-refractivity contribution in [2.75, 3.05) is 0 Å². The van der Waals surface area contributed by atoms with Crippen LogP contribution in [0.4, 0.5) is 0 Å². The maximum absolute atomic E-state index is 13.5. The maximum atomic E-state index is 13.5. The summed E-state index contributed by atoms with van der Waals surface area (Å²) in [6.07, 6.45) is 9.62. The van der Waals surface area contributed by atoms with Gasteiger partial charge in [-0.25, -0.2) is 4.79 Å². The average molecular weight is 791 g/mol. The Balaban J connectivity index is 1.99. The van der Waals surface area contributed by atoms with Crippen molar-refractivity contribution >= 4 is 17.5 Å². The van der Waals surface area contributed by atoms with Crippen LogP contribution < -0.4 is 0 Å². The standard InChI is InChI=1S/C45H74O11/c1-12-34-17-15-13-14-16-27(4)42(51)44(11,53)43(52)32(9)40(50)31(8)39(49)30(7)38(48)26(3)18-21-37(47)54-41-29(6)35(20-19-34)55-45(33(41)10)23-22-25(2)36(56-45)24-28(5)46/h13-15,17-18,21,25-36,38,40-42,46,48,50-51,53H,12,16,19-20,22-24H2,1-11H3/b14-13+,17-15?,21-18+/t25-,26-,27+,28+,29+,30-,31-,32-,33-,34-,35-,36-,38+,40?,41+,42?,44+,45-/m1/s1. The smallest absolute Gasteiger partial charge is 0.330 e. The van der Waals surface area contributed by atoms with Crippen LogP contribution in [0, 0.1) is 53.3 Å². The first-order valence-corrected chi connectivity index (χ1v) is 21.2. The van der Waals surface area contributed by atoms with Gasteiger partial charge >= 0.3 is 5.97 Å². The van der Waals surface area contributed by atoms with Crippen LogP contribution in [-0.4, -0.2) is 97.2 Å². The van der Waals surface area contributed by atoms with Crippen LogP contribution in [0.5, 0.6) is 0 Å². The summed E-state index contributed by atoms with van der Waals surface area (Å²) in [6.45, 7) is 19.1. The van der Waals surface area contributed by atoms with Gasteiger partial charge in [0, 0.05) is 48.0 Å². The van der Waals surface area contributed by atoms with Crippen molar-refractivity contribution in [2.45, 2.75) is 175 Å². The van der Waals surface area contributed by atoms with E-state index < -0.39 is 89.0 Å². The monoisotopic (exact) mass is 791 g/mol. The summed E-state index contributed by atoms with van der Waals surface area (Å²) in [6, 6.07) is 0. The van der Waals surface area contributed by atoms with E-state index in [1.54, 1.807) is 20.8 Å². The Morgan fingerprint density at radius 2 is 1.48 bits per heavy atom. The first kappa shape index (κ1) is 48.1. The van der Waals surface area contributed by atoms with Crippen molar-refractivity contribution in [1.82, 2.24) is 0 Å². The number of fused-ring (bicyclic) bond motifs is 2. The second-order valence-electron chi connectivity index (χ2n) is 18.0. The number of carbonyl (C=O) groups excluding carboxylic acids is 3. The van der Waals surface area contributed by atoms with Crippen molar-refractivity contribution < 1.29 is 54.1 Å². The molecule has 0 amide bonds. The fraction of sp³-hybridized carbons (Fsp3) is 0.800. The summed E-state index contributed by atoms with van der Waals surface area (Å²) in [4.78, 5) is 40.5. The molecule has 2 fully saturated rings. The second kappa shape index (κ2) is 20.6. The Bertz CT molecular complexity index is 1390. The minimum absolute atomic E-state index is 0.168. The van der Waals surface area contributed by atoms with Gasteiger partial charge in [-0.3, -0.25) is 9.59 Å². The van der Waals surface area contributed by atoms with E-state index in [0.29, 0.717) is 25.7 Å². The molecule has 0 saturated carbocycles. The number of ketones is 2. The highest BCUT2D eigenvalue weighted by atomic mass is 16.7. The van der Waals surface area contributed by atoms with Gasteiger partial charge in [-0.05, 0) is 70.1 Å². The molecule has 2 unspecified atom stereocenters. The van der Waals surface area contributed by atoms with Crippen LogP contribution in [0.15, 0.2) is 36.5 Å². The lowest BCUT2D eigenvalue weighted by molar-refractivity contribution is -0.371. The van der Waals surface area contributed by atoms with Gasteiger partial charge < -0.3 is 39.7 Å². The molecule has 0 aliphatic carbocycles. The number of ether oxygens (including phenoxy) is 3. The zero-order chi connectivity index (χ0) is 42.3. The van der Waals surface area contributed by atoms with E-state index in [2.05, 4.69) is 19.9 Å². The number of rotatable bonds is 3. The Hall–Kier alpha value is -2.25. The van der Waals surface area contributed by atoms with E-state index in [1.807, 2.05) is 32.1 Å². The molecule has 0 aromatic carbocycles. The van der Waals surface area contributed by atoms with Gasteiger partial charge in [0.25, 0.3) is 0 Å². The lowest BCUT2D eigenvalue weighted by Crippen LogP contribution is -2.62. The molecule has 56 heavy (non-hydrogen) atoms. The van der Waals surface area contributed by atoms with Crippen molar-refractivity contribution in [3.8, 4) is 0 Å². The molecule has 18 atom stereocenters. The molecular weight excluding hydrogens is 716 g/mol. The molecule has 11 nitrogen and oxygen atoms in total. The number of esters is 1. The van der Waals surface area contributed by atoms with Gasteiger partial charge in [-0.15, -0.1) is 0 Å². The molecule has 320 valence electrons. The molecule has 0 aromatic heterocycles. The molecule has 0 aromatic rings. The number of aliphatic hydroxyl groups excluding tert-OH is 4. The van der Waals surface area contributed by atoms with Crippen LogP contribution >= 0.6 is 0 Å². The molecule has 3 heterocycles. The first-order valence-electron chi connectivity index (χ1n) is 21.2. The first-order chi connectivity index (χ1) is 26.1. The second-order valence-corrected chi connectivity index (χ2v) is 18.0. The molecule has 11 heteroatoms. The number of carbonyl (C=O) groups is 3. The van der Waals surface area contributed by atoms with Gasteiger partial charge in [-0.2, -0.15) is 0 Å². The number of aliphatic hydroxyl groups is 5. The van der Waals surface area contributed by atoms with Crippen LogP contribution in [0.1, 0.15) is 121 Å². The van der Waals surface area contributed by atoms with Gasteiger partial charge in [-0.1, -0.05) is 92.7 Å². The van der Waals surface area contributed by atoms with Crippen LogP contribution in [0.25, 0.3) is 0 Å². The minimum Gasteiger partial charge on any atom is -0.458 e. The normalized spacial score (nSPS) is 46.2. The summed E-state index contributed by atoms with van der Waals surface area (Å²) in [7, 11) is 0. The summed E-state index contributed by atoms with van der Waals surface area (Å²) >= 11 is 0. The quantitative estimate of drug-likeness (QED) is 0.216. The maximum Gasteiger partial charge on any atom is 0.330 e. The molecule has 3 aliphatic heterocycles. The van der Waals surface area contributed by atoms with Crippen LogP contribution in [-0.2, 0) is 28.6 Å². The molecule has 3 aliphatic rings. The lowest BCUT2D eigenvalue weighted by atomic mass is 9.74. The molecule has 2 bridgehead atoms. The van der Waals surface area contributed by atoms with Crippen molar-refractivity contribution in [3.63, 3.8) is 0 Å². The van der Waals surface area contributed by atoms with E-state index in [9.17, 15) is 39.9 Å². The SMILES string of the molecule is CC[C@@H]1C=C/C=C/C[C@H](C)C(O)[C@](C)(O)C(=O)[C@H](C)C(O)[C@H](C)C(=O)[C@H](C)[C@@H](O)[C@H](C)/C=C/C(=O)O[C@H]2[C@@H](C)[C@@H](CC1)O[C@@]1(CC[C@@H](C)[C@@H](C[C@H](C)O)O1)[C@@H]2C. The molecule has 2 saturated heterocycles. The summed E-state index contributed by atoms with van der Waals surface area (Å²) < 4.78 is 20.0. The minimum atomic E-state index is -2.18. The summed E-state index contributed by atoms with van der Waals surface area (Å²) in [5.41, 5.74) is -2.18. The molecule has 3 rings (SSSR count). The van der Waals surface area contributed by atoms with Crippen molar-refractivity contribution in [2.24, 2.45) is 53.3 Å². The topological polar surface area (TPSA) is 180 Å². The van der Waals surface area contributed by atoms with E-state index in [1.165, 1.54) is 39.8 Å². The zero-order valence-electron chi connectivity index (χ0n) is 35.8. The third-order valence-corrected chi connectivity index (χ3v) is 13.4. The van der Waals surface area contributed by atoms with Crippen LogP contribution in [0.3, 0.4) is 0 Å². The molecule has 5 N–H and O–H groups in total. The molecule has 0 radical (unpaired) electrons. The number of hydrogen-bond acceptors (Lipinski definition) is 11. The van der Waals surface area contributed by atoms with E-state index in [4.69, 9.17) is 14.2 Å². The van der Waals surface area contributed by atoms with Crippen molar-refractivity contribution in [1.29, 1.82) is 0 Å². The third-order valence-electron chi connectivity index (χ3n) is 13.4. The fourth-order valence-corrected chi connectivity index (χ4v) is 9.01.